The van der Waals surface area contributed by atoms with Crippen LogP contribution in [-0.4, -0.2) is 22.7 Å². The van der Waals surface area contributed by atoms with Crippen LogP contribution in [0.25, 0.3) is 0 Å². The average molecular weight is 286 g/mol. The molecule has 2 aromatic rings. The lowest BCUT2D eigenvalue weighted by Crippen LogP contribution is -2.26. The highest BCUT2D eigenvalue weighted by Crippen LogP contribution is 2.25. The number of aromatic hydroxyl groups is 1. The highest BCUT2D eigenvalue weighted by Gasteiger charge is 2.12. The van der Waals surface area contributed by atoms with Gasteiger partial charge in [-0.2, -0.15) is 0 Å². The number of phenols is 1. The van der Waals surface area contributed by atoms with Crippen LogP contribution in [0.5, 0.6) is 5.75 Å². The summed E-state index contributed by atoms with van der Waals surface area (Å²) in [6, 6.07) is 14.2. The molecule has 0 aliphatic rings. The van der Waals surface area contributed by atoms with Gasteiger partial charge < -0.3 is 20.8 Å². The van der Waals surface area contributed by atoms with Crippen molar-refractivity contribution in [2.75, 3.05) is 17.2 Å². The monoisotopic (exact) mass is 286 g/mol. The number of phenolic OH excluding ortho intramolecular Hbond substituents is 1. The number of carboxylic acids is 1. The van der Waals surface area contributed by atoms with Crippen LogP contribution in [0.2, 0.25) is 0 Å². The van der Waals surface area contributed by atoms with E-state index in [9.17, 15) is 9.90 Å². The standard InChI is InChI=1S/C16H18N2O3/c17-14-3-1-2-4-15(14)18(10-9-16(20)21)11-12-5-7-13(19)8-6-12/h1-8,19H,9-11,17H2,(H,20,21). The van der Waals surface area contributed by atoms with Crippen LogP contribution in [0, 0.1) is 0 Å². The first-order valence-electron chi connectivity index (χ1n) is 6.65. The highest BCUT2D eigenvalue weighted by atomic mass is 16.4. The minimum Gasteiger partial charge on any atom is -0.508 e. The molecule has 0 fully saturated rings. The summed E-state index contributed by atoms with van der Waals surface area (Å²) >= 11 is 0. The maximum atomic E-state index is 10.8. The smallest absolute Gasteiger partial charge is 0.305 e. The third-order valence-electron chi connectivity index (χ3n) is 3.18. The van der Waals surface area contributed by atoms with Gasteiger partial charge in [0.2, 0.25) is 0 Å². The third kappa shape index (κ3) is 4.14. The van der Waals surface area contributed by atoms with E-state index in [1.54, 1.807) is 18.2 Å². The van der Waals surface area contributed by atoms with Crippen molar-refractivity contribution < 1.29 is 15.0 Å². The number of nitrogens with two attached hydrogens (primary N) is 1. The van der Waals surface area contributed by atoms with Gasteiger partial charge in [0.15, 0.2) is 0 Å². The molecule has 0 aliphatic heterocycles. The van der Waals surface area contributed by atoms with Crippen molar-refractivity contribution in [1.29, 1.82) is 0 Å². The van der Waals surface area contributed by atoms with Gasteiger partial charge in [-0.15, -0.1) is 0 Å². The molecule has 0 bridgehead atoms. The van der Waals surface area contributed by atoms with E-state index < -0.39 is 5.97 Å². The van der Waals surface area contributed by atoms with Gasteiger partial charge in [0, 0.05) is 13.1 Å². The molecule has 2 rings (SSSR count). The molecule has 0 saturated carbocycles. The summed E-state index contributed by atoms with van der Waals surface area (Å²) in [6.45, 7) is 0.895. The largest absolute Gasteiger partial charge is 0.508 e. The zero-order valence-corrected chi connectivity index (χ0v) is 11.6. The molecule has 0 radical (unpaired) electrons. The Morgan fingerprint density at radius 3 is 2.38 bits per heavy atom. The van der Waals surface area contributed by atoms with E-state index in [1.807, 2.05) is 35.2 Å². The van der Waals surface area contributed by atoms with Crippen LogP contribution in [0.4, 0.5) is 11.4 Å². The number of nitrogens with zero attached hydrogens (tertiary/aromatic N) is 1. The lowest BCUT2D eigenvalue weighted by Gasteiger charge is -2.25. The number of anilines is 2. The lowest BCUT2D eigenvalue weighted by atomic mass is 10.1. The zero-order chi connectivity index (χ0) is 15.2. The van der Waals surface area contributed by atoms with Gasteiger partial charge in [-0.3, -0.25) is 4.79 Å². The third-order valence-corrected chi connectivity index (χ3v) is 3.18. The maximum absolute atomic E-state index is 10.8. The molecule has 0 heterocycles. The molecule has 0 aliphatic carbocycles. The highest BCUT2D eigenvalue weighted by molar-refractivity contribution is 5.70. The molecule has 0 unspecified atom stereocenters. The van der Waals surface area contributed by atoms with Crippen molar-refractivity contribution in [3.8, 4) is 5.75 Å². The Morgan fingerprint density at radius 2 is 1.76 bits per heavy atom. The molecular weight excluding hydrogens is 268 g/mol. The molecule has 0 aromatic heterocycles. The van der Waals surface area contributed by atoms with Gasteiger partial charge >= 0.3 is 5.97 Å². The topological polar surface area (TPSA) is 86.8 Å². The number of carbonyl (C=O) groups is 1. The normalized spacial score (nSPS) is 10.3. The number of hydrogen-bond donors (Lipinski definition) is 3. The summed E-state index contributed by atoms with van der Waals surface area (Å²) in [5.41, 5.74) is 8.37. The van der Waals surface area contributed by atoms with Crippen LogP contribution in [0.15, 0.2) is 48.5 Å². The molecule has 21 heavy (non-hydrogen) atoms. The Labute approximate surface area is 123 Å². The van der Waals surface area contributed by atoms with Crippen molar-refractivity contribution in [2.24, 2.45) is 0 Å². The summed E-state index contributed by atoms with van der Waals surface area (Å²) in [4.78, 5) is 12.8. The molecule has 5 heteroatoms. The average Bonchev–Trinajstić information content (AvgIpc) is 2.46. The summed E-state index contributed by atoms with van der Waals surface area (Å²) in [6.07, 6.45) is 0.0341. The second kappa shape index (κ2) is 6.65. The summed E-state index contributed by atoms with van der Waals surface area (Å²) in [5.74, 6) is -0.643. The van der Waals surface area contributed by atoms with Crippen molar-refractivity contribution >= 4 is 17.3 Å². The molecule has 0 atom stereocenters. The Kier molecular flexibility index (Phi) is 4.66. The number of aliphatic carboxylic acids is 1. The lowest BCUT2D eigenvalue weighted by molar-refractivity contribution is -0.136. The number of rotatable bonds is 6. The van der Waals surface area contributed by atoms with Gasteiger partial charge in [0.1, 0.15) is 5.75 Å². The van der Waals surface area contributed by atoms with Crippen molar-refractivity contribution in [3.05, 3.63) is 54.1 Å². The van der Waals surface area contributed by atoms with Gasteiger partial charge in [0.05, 0.1) is 17.8 Å². The van der Waals surface area contributed by atoms with Crippen LogP contribution in [-0.2, 0) is 11.3 Å². The number of para-hydroxylation sites is 2. The first-order valence-corrected chi connectivity index (χ1v) is 6.65. The van der Waals surface area contributed by atoms with Gasteiger partial charge in [-0.25, -0.2) is 0 Å². The predicted octanol–water partition coefficient (Wildman–Crippen LogP) is 2.46. The summed E-state index contributed by atoms with van der Waals surface area (Å²) in [7, 11) is 0. The molecule has 0 spiro atoms. The van der Waals surface area contributed by atoms with Crippen LogP contribution in [0.3, 0.4) is 0 Å². The van der Waals surface area contributed by atoms with Crippen molar-refractivity contribution in [2.45, 2.75) is 13.0 Å². The van der Waals surface area contributed by atoms with Crippen LogP contribution < -0.4 is 10.6 Å². The van der Waals surface area contributed by atoms with Gasteiger partial charge in [-0.1, -0.05) is 24.3 Å². The van der Waals surface area contributed by atoms with Gasteiger partial charge in [0.25, 0.3) is 0 Å². The minimum absolute atomic E-state index is 0.0341. The molecule has 0 saturated heterocycles. The van der Waals surface area contributed by atoms with E-state index in [1.165, 1.54) is 0 Å². The summed E-state index contributed by atoms with van der Waals surface area (Å²) < 4.78 is 0. The minimum atomic E-state index is -0.847. The number of benzene rings is 2. The van der Waals surface area contributed by atoms with E-state index in [0.717, 1.165) is 11.3 Å². The van der Waals surface area contributed by atoms with Gasteiger partial charge in [-0.05, 0) is 29.8 Å². The number of carboxylic acid groups (broad SMARTS) is 1. The SMILES string of the molecule is Nc1ccccc1N(CCC(=O)O)Cc1ccc(O)cc1. The summed E-state index contributed by atoms with van der Waals surface area (Å²) in [5, 5.41) is 18.2. The predicted molar refractivity (Wildman–Crippen MR) is 82.3 cm³/mol. The fourth-order valence-corrected chi connectivity index (χ4v) is 2.11. The van der Waals surface area contributed by atoms with Crippen molar-refractivity contribution in [1.82, 2.24) is 0 Å². The zero-order valence-electron chi connectivity index (χ0n) is 11.6. The van der Waals surface area contributed by atoms with E-state index in [0.29, 0.717) is 18.8 Å². The Morgan fingerprint density at radius 1 is 1.10 bits per heavy atom. The molecule has 0 amide bonds. The van der Waals surface area contributed by atoms with E-state index >= 15 is 0 Å². The molecule has 110 valence electrons. The quantitative estimate of drug-likeness (QED) is 0.710. The fraction of sp³-hybridized carbons (Fsp3) is 0.188. The second-order valence-corrected chi connectivity index (χ2v) is 4.79. The Bertz CT molecular complexity index is 611. The first-order chi connectivity index (χ1) is 10.1. The van der Waals surface area contributed by atoms with E-state index in [4.69, 9.17) is 10.8 Å². The molecule has 5 nitrogen and oxygen atoms in total. The first kappa shape index (κ1) is 14.7. The molecular formula is C16H18N2O3. The second-order valence-electron chi connectivity index (χ2n) is 4.79. The molecule has 2 aromatic carbocycles. The Balaban J connectivity index is 2.21. The number of nitrogen functional groups attached to an aromatic ring is 1. The van der Waals surface area contributed by atoms with E-state index in [-0.39, 0.29) is 12.2 Å². The molecule has 4 N–H and O–H groups in total. The van der Waals surface area contributed by atoms with Crippen molar-refractivity contribution in [3.63, 3.8) is 0 Å². The van der Waals surface area contributed by atoms with Crippen LogP contribution >= 0.6 is 0 Å². The fourth-order valence-electron chi connectivity index (χ4n) is 2.11. The van der Waals surface area contributed by atoms with E-state index in [2.05, 4.69) is 0 Å². The van der Waals surface area contributed by atoms with Crippen LogP contribution in [0.1, 0.15) is 12.0 Å². The number of hydrogen-bond acceptors (Lipinski definition) is 4. The Hall–Kier alpha value is -2.69. The maximum Gasteiger partial charge on any atom is 0.305 e.